The molecule has 2 bridgehead atoms. The number of fused-ring (bicyclic) bond motifs is 2. The van der Waals surface area contributed by atoms with Crippen molar-refractivity contribution in [2.45, 2.75) is 38.8 Å². The van der Waals surface area contributed by atoms with E-state index in [0.717, 1.165) is 36.5 Å². The van der Waals surface area contributed by atoms with Crippen LogP contribution in [0.5, 0.6) is 0 Å². The van der Waals surface area contributed by atoms with Crippen molar-refractivity contribution in [2.75, 3.05) is 11.9 Å². The van der Waals surface area contributed by atoms with Crippen LogP contribution in [0.3, 0.4) is 0 Å². The molecule has 3 aromatic heterocycles. The molecule has 3 unspecified atom stereocenters. The molecule has 0 aromatic carbocycles. The van der Waals surface area contributed by atoms with Crippen LogP contribution in [0.15, 0.2) is 42.9 Å². The van der Waals surface area contributed by atoms with Crippen LogP contribution in [0.25, 0.3) is 5.82 Å². The molecule has 148 valence electrons. The Morgan fingerprint density at radius 2 is 1.93 bits per heavy atom. The number of amides is 1. The zero-order valence-corrected chi connectivity index (χ0v) is 16.5. The number of nitrogens with one attached hydrogen (secondary N) is 1. The number of carbonyl (C=O) groups is 1. The number of hydrogen-bond donors (Lipinski definition) is 1. The minimum absolute atomic E-state index is 0.0133. The summed E-state index contributed by atoms with van der Waals surface area (Å²) >= 11 is 0. The number of aryl methyl sites for hydroxylation is 2. The zero-order valence-electron chi connectivity index (χ0n) is 16.5. The first-order valence-electron chi connectivity index (χ1n) is 9.93. The van der Waals surface area contributed by atoms with Crippen molar-refractivity contribution in [3.63, 3.8) is 0 Å². The molecule has 0 spiro atoms. The monoisotopic (exact) mass is 389 g/mol. The number of aromatic nitrogens is 5. The van der Waals surface area contributed by atoms with Crippen LogP contribution < -0.4 is 5.32 Å². The maximum absolute atomic E-state index is 13.5. The van der Waals surface area contributed by atoms with E-state index in [-0.39, 0.29) is 18.0 Å². The fourth-order valence-electron chi connectivity index (χ4n) is 4.50. The zero-order chi connectivity index (χ0) is 20.0. The summed E-state index contributed by atoms with van der Waals surface area (Å²) in [5.41, 5.74) is 2.49. The molecule has 29 heavy (non-hydrogen) atoms. The standard InChI is InChI=1S/C21H23N7O/c1-13-3-6-19(22-11-13)26-17-9-15-10-18(17)27(12-15)21(29)16-5-4-14(2)25-20(16)28-23-7-8-24-28/h3-8,11,15,17-18H,9-10,12H2,1-2H3,(H,22,26). The normalized spacial score (nSPS) is 22.8. The number of piperidine rings is 1. The van der Waals surface area contributed by atoms with Crippen LogP contribution in [-0.2, 0) is 0 Å². The second-order valence-corrected chi connectivity index (χ2v) is 7.98. The number of likely N-dealkylation sites (tertiary alicyclic amines) is 1. The van der Waals surface area contributed by atoms with Crippen molar-refractivity contribution >= 4 is 11.7 Å². The Morgan fingerprint density at radius 1 is 1.10 bits per heavy atom. The molecule has 4 heterocycles. The van der Waals surface area contributed by atoms with Crippen molar-refractivity contribution in [1.82, 2.24) is 29.9 Å². The molecule has 1 amide bonds. The smallest absolute Gasteiger partial charge is 0.258 e. The lowest BCUT2D eigenvalue weighted by molar-refractivity contribution is 0.0691. The first-order valence-corrected chi connectivity index (χ1v) is 9.93. The number of nitrogens with zero attached hydrogens (tertiary/aromatic N) is 6. The second kappa shape index (κ2) is 6.95. The van der Waals surface area contributed by atoms with Gasteiger partial charge in [-0.05, 0) is 56.4 Å². The number of carbonyl (C=O) groups excluding carboxylic acids is 1. The van der Waals surface area contributed by atoms with Crippen LogP contribution in [-0.4, -0.2) is 54.4 Å². The third-order valence-corrected chi connectivity index (χ3v) is 5.84. The molecule has 1 aliphatic carbocycles. The Balaban J connectivity index is 1.40. The van der Waals surface area contributed by atoms with Gasteiger partial charge in [-0.25, -0.2) is 9.97 Å². The van der Waals surface area contributed by atoms with Gasteiger partial charge in [0.1, 0.15) is 5.82 Å². The first kappa shape index (κ1) is 17.8. The predicted molar refractivity (Wildman–Crippen MR) is 108 cm³/mol. The molecule has 2 fully saturated rings. The maximum Gasteiger partial charge on any atom is 0.258 e. The molecule has 1 saturated heterocycles. The van der Waals surface area contributed by atoms with Crippen LogP contribution in [0.4, 0.5) is 5.82 Å². The Morgan fingerprint density at radius 3 is 2.66 bits per heavy atom. The number of hydrogen-bond acceptors (Lipinski definition) is 6. The highest BCUT2D eigenvalue weighted by atomic mass is 16.2. The largest absolute Gasteiger partial charge is 0.365 e. The number of rotatable bonds is 4. The predicted octanol–water partition coefficient (Wildman–Crippen LogP) is 2.39. The van der Waals surface area contributed by atoms with Gasteiger partial charge in [0.2, 0.25) is 0 Å². The lowest BCUT2D eigenvalue weighted by Gasteiger charge is -2.34. The number of pyridine rings is 2. The first-order chi connectivity index (χ1) is 14.1. The van der Waals surface area contributed by atoms with Gasteiger partial charge in [-0.2, -0.15) is 10.2 Å². The highest BCUT2D eigenvalue weighted by molar-refractivity contribution is 5.97. The van der Waals surface area contributed by atoms with E-state index in [1.807, 2.05) is 49.2 Å². The quantitative estimate of drug-likeness (QED) is 0.737. The summed E-state index contributed by atoms with van der Waals surface area (Å²) in [4.78, 5) is 25.9. The molecule has 1 N–H and O–H groups in total. The third-order valence-electron chi connectivity index (χ3n) is 5.84. The topological polar surface area (TPSA) is 88.8 Å². The fourth-order valence-corrected chi connectivity index (χ4v) is 4.50. The molecule has 1 aliphatic heterocycles. The second-order valence-electron chi connectivity index (χ2n) is 7.98. The van der Waals surface area contributed by atoms with Gasteiger partial charge >= 0.3 is 0 Å². The Kier molecular flexibility index (Phi) is 4.26. The summed E-state index contributed by atoms with van der Waals surface area (Å²) in [6, 6.07) is 8.10. The molecule has 0 radical (unpaired) electrons. The highest BCUT2D eigenvalue weighted by Crippen LogP contribution is 2.40. The van der Waals surface area contributed by atoms with Crippen molar-refractivity contribution in [2.24, 2.45) is 5.92 Å². The van der Waals surface area contributed by atoms with Gasteiger partial charge < -0.3 is 10.2 Å². The Hall–Kier alpha value is -3.29. The Labute approximate surface area is 169 Å². The minimum Gasteiger partial charge on any atom is -0.365 e. The third kappa shape index (κ3) is 3.24. The molecule has 3 aromatic rings. The average Bonchev–Trinajstić information content (AvgIpc) is 3.46. The van der Waals surface area contributed by atoms with Crippen molar-refractivity contribution in [3.8, 4) is 5.82 Å². The lowest BCUT2D eigenvalue weighted by atomic mass is 10.0. The van der Waals surface area contributed by atoms with Crippen LogP contribution in [0.2, 0.25) is 0 Å². The summed E-state index contributed by atoms with van der Waals surface area (Å²) in [7, 11) is 0. The van der Waals surface area contributed by atoms with Crippen LogP contribution in [0.1, 0.15) is 34.5 Å². The summed E-state index contributed by atoms with van der Waals surface area (Å²) in [5.74, 6) is 1.84. The highest BCUT2D eigenvalue weighted by Gasteiger charge is 2.47. The van der Waals surface area contributed by atoms with Crippen LogP contribution >= 0.6 is 0 Å². The molecular weight excluding hydrogens is 366 g/mol. The van der Waals surface area contributed by atoms with Crippen molar-refractivity contribution in [1.29, 1.82) is 0 Å². The fraction of sp³-hybridized carbons (Fsp3) is 0.381. The van der Waals surface area contributed by atoms with E-state index in [1.165, 1.54) is 4.80 Å². The summed E-state index contributed by atoms with van der Waals surface area (Å²) < 4.78 is 0. The van der Waals surface area contributed by atoms with Crippen molar-refractivity contribution in [3.05, 3.63) is 59.7 Å². The van der Waals surface area contributed by atoms with Gasteiger partial charge in [0.05, 0.1) is 24.0 Å². The minimum atomic E-state index is -0.0133. The summed E-state index contributed by atoms with van der Waals surface area (Å²) in [5, 5.41) is 11.9. The SMILES string of the molecule is Cc1ccc(NC2CC3CC2N(C(=O)c2ccc(C)nc2-n2nccn2)C3)nc1. The Bertz CT molecular complexity index is 1030. The van der Waals surface area contributed by atoms with Gasteiger partial charge in [0, 0.05) is 24.5 Å². The maximum atomic E-state index is 13.5. The van der Waals surface area contributed by atoms with Gasteiger partial charge in [-0.3, -0.25) is 4.79 Å². The summed E-state index contributed by atoms with van der Waals surface area (Å²) in [6.45, 7) is 4.70. The van der Waals surface area contributed by atoms with Gasteiger partial charge in [0.15, 0.2) is 5.82 Å². The van der Waals surface area contributed by atoms with Gasteiger partial charge in [-0.15, -0.1) is 4.80 Å². The molecular formula is C21H23N7O. The van der Waals surface area contributed by atoms with Crippen LogP contribution in [0, 0.1) is 19.8 Å². The van der Waals surface area contributed by atoms with E-state index in [1.54, 1.807) is 12.4 Å². The molecule has 2 aliphatic rings. The molecule has 1 saturated carbocycles. The average molecular weight is 389 g/mol. The molecule has 5 rings (SSSR count). The van der Waals surface area contributed by atoms with Crippen molar-refractivity contribution < 1.29 is 4.79 Å². The number of anilines is 1. The van der Waals surface area contributed by atoms with E-state index in [0.29, 0.717) is 17.3 Å². The van der Waals surface area contributed by atoms with E-state index in [2.05, 4.69) is 25.5 Å². The van der Waals surface area contributed by atoms with E-state index in [4.69, 9.17) is 0 Å². The van der Waals surface area contributed by atoms with Gasteiger partial charge in [0.25, 0.3) is 5.91 Å². The molecule has 8 heteroatoms. The van der Waals surface area contributed by atoms with Gasteiger partial charge in [-0.1, -0.05) is 6.07 Å². The van der Waals surface area contributed by atoms with E-state index >= 15 is 0 Å². The summed E-state index contributed by atoms with van der Waals surface area (Å²) in [6.07, 6.45) is 7.11. The molecule has 3 atom stereocenters. The molecule has 8 nitrogen and oxygen atoms in total. The van der Waals surface area contributed by atoms with E-state index in [9.17, 15) is 4.79 Å². The lowest BCUT2D eigenvalue weighted by Crippen LogP contribution is -2.48. The van der Waals surface area contributed by atoms with E-state index < -0.39 is 0 Å².